The predicted octanol–water partition coefficient (Wildman–Crippen LogP) is 5.22. The van der Waals surface area contributed by atoms with Crippen LogP contribution in [0.25, 0.3) is 0 Å². The van der Waals surface area contributed by atoms with Gasteiger partial charge in [-0.25, -0.2) is 22.0 Å². The highest BCUT2D eigenvalue weighted by molar-refractivity contribution is 6.30. The van der Waals surface area contributed by atoms with Crippen molar-refractivity contribution in [1.29, 1.82) is 0 Å². The zero-order valence-electron chi connectivity index (χ0n) is 12.4. The van der Waals surface area contributed by atoms with E-state index in [9.17, 15) is 22.0 Å². The summed E-state index contributed by atoms with van der Waals surface area (Å²) in [5.41, 5.74) is -0.403. The minimum Gasteiger partial charge on any atom is -0.292 e. The quantitative estimate of drug-likeness (QED) is 0.411. The molecule has 0 aliphatic carbocycles. The van der Waals surface area contributed by atoms with Crippen LogP contribution in [0.3, 0.4) is 0 Å². The van der Waals surface area contributed by atoms with E-state index in [1.807, 2.05) is 0 Å². The zero-order chi connectivity index (χ0) is 17.4. The largest absolute Gasteiger partial charge is 0.292 e. The van der Waals surface area contributed by atoms with Crippen molar-refractivity contribution in [2.75, 3.05) is 13.1 Å². The average molecular weight is 362 g/mol. The van der Waals surface area contributed by atoms with Crippen molar-refractivity contribution in [2.45, 2.75) is 18.9 Å². The summed E-state index contributed by atoms with van der Waals surface area (Å²) in [5.74, 6) is -9.59. The van der Waals surface area contributed by atoms with Gasteiger partial charge in [-0.1, -0.05) is 23.7 Å². The molecule has 1 heterocycles. The lowest BCUT2D eigenvalue weighted by molar-refractivity contribution is 0.259. The molecule has 1 saturated heterocycles. The molecule has 2 aromatic carbocycles. The number of hydrogen-bond donors (Lipinski definition) is 0. The molecule has 3 rings (SSSR count). The highest BCUT2D eigenvalue weighted by Gasteiger charge is 2.35. The maximum Gasteiger partial charge on any atom is 0.200 e. The monoisotopic (exact) mass is 361 g/mol. The van der Waals surface area contributed by atoms with Crippen molar-refractivity contribution in [2.24, 2.45) is 0 Å². The van der Waals surface area contributed by atoms with Gasteiger partial charge in [0.25, 0.3) is 0 Å². The van der Waals surface area contributed by atoms with E-state index in [-0.39, 0.29) is 0 Å². The minimum atomic E-state index is -2.15. The molecule has 0 aromatic heterocycles. The van der Waals surface area contributed by atoms with Crippen molar-refractivity contribution in [3.05, 3.63) is 69.5 Å². The van der Waals surface area contributed by atoms with E-state index in [0.717, 1.165) is 12.8 Å². The van der Waals surface area contributed by atoms with Crippen molar-refractivity contribution in [3.63, 3.8) is 0 Å². The fourth-order valence-electron chi connectivity index (χ4n) is 3.07. The van der Waals surface area contributed by atoms with Gasteiger partial charge in [-0.2, -0.15) is 0 Å². The third-order valence-electron chi connectivity index (χ3n) is 4.21. The Morgan fingerprint density at radius 3 is 1.71 bits per heavy atom. The number of likely N-dealkylation sites (tertiary alicyclic amines) is 1. The highest BCUT2D eigenvalue weighted by atomic mass is 35.5. The third kappa shape index (κ3) is 2.89. The summed E-state index contributed by atoms with van der Waals surface area (Å²) >= 11 is 5.82. The molecule has 1 nitrogen and oxygen atoms in total. The summed E-state index contributed by atoms with van der Waals surface area (Å²) in [6.45, 7) is 1.01. The van der Waals surface area contributed by atoms with E-state index in [1.54, 1.807) is 4.90 Å². The Hall–Kier alpha value is -1.66. The standard InChI is InChI=1S/C17H13ClF5N/c18-10-5-3-9(4-6-10)17(24-7-1-2-8-24)11-12(19)14(21)16(23)15(22)13(11)20/h3-6,17H,1-2,7-8H2. The van der Waals surface area contributed by atoms with Crippen molar-refractivity contribution in [3.8, 4) is 0 Å². The Bertz CT molecular complexity index is 728. The number of halogens is 6. The highest BCUT2D eigenvalue weighted by Crippen LogP contribution is 2.37. The summed E-state index contributed by atoms with van der Waals surface area (Å²) in [4.78, 5) is 1.71. The molecule has 2 aromatic rings. The van der Waals surface area contributed by atoms with Crippen LogP contribution in [0.15, 0.2) is 24.3 Å². The van der Waals surface area contributed by atoms with Gasteiger partial charge in [0.2, 0.25) is 5.82 Å². The van der Waals surface area contributed by atoms with Crippen LogP contribution in [0.2, 0.25) is 5.02 Å². The Morgan fingerprint density at radius 2 is 1.21 bits per heavy atom. The van der Waals surface area contributed by atoms with Crippen LogP contribution in [-0.2, 0) is 0 Å². The summed E-state index contributed by atoms with van der Waals surface area (Å²) in [7, 11) is 0. The minimum absolute atomic E-state index is 0.413. The van der Waals surface area contributed by atoms with Crippen LogP contribution in [0.4, 0.5) is 22.0 Å². The molecule has 1 aliphatic rings. The lowest BCUT2D eigenvalue weighted by Gasteiger charge is -2.29. The first-order valence-corrected chi connectivity index (χ1v) is 7.80. The van der Waals surface area contributed by atoms with Gasteiger partial charge < -0.3 is 0 Å². The molecule has 1 fully saturated rings. The van der Waals surface area contributed by atoms with Gasteiger partial charge in [-0.15, -0.1) is 0 Å². The number of nitrogens with zero attached hydrogens (tertiary/aromatic N) is 1. The van der Waals surface area contributed by atoms with Gasteiger partial charge >= 0.3 is 0 Å². The molecule has 7 heteroatoms. The molecule has 24 heavy (non-hydrogen) atoms. The lowest BCUT2D eigenvalue weighted by atomic mass is 9.95. The van der Waals surface area contributed by atoms with E-state index >= 15 is 0 Å². The van der Waals surface area contributed by atoms with Gasteiger partial charge in [0.1, 0.15) is 0 Å². The van der Waals surface area contributed by atoms with Crippen LogP contribution in [-0.4, -0.2) is 18.0 Å². The molecule has 1 atom stereocenters. The zero-order valence-corrected chi connectivity index (χ0v) is 13.2. The Labute approximate surface area is 140 Å². The second kappa shape index (κ2) is 6.69. The number of rotatable bonds is 3. The summed E-state index contributed by atoms with van der Waals surface area (Å²) in [6.07, 6.45) is 1.58. The molecule has 0 N–H and O–H groups in total. The summed E-state index contributed by atoms with van der Waals surface area (Å²) in [6, 6.07) is 5.04. The van der Waals surface area contributed by atoms with E-state index in [1.165, 1.54) is 24.3 Å². The normalized spacial score (nSPS) is 16.6. The van der Waals surface area contributed by atoms with Crippen LogP contribution < -0.4 is 0 Å². The molecule has 0 saturated carbocycles. The molecule has 0 radical (unpaired) electrons. The second-order valence-corrected chi connectivity index (χ2v) is 6.12. The first-order valence-electron chi connectivity index (χ1n) is 7.42. The van der Waals surface area contributed by atoms with Crippen LogP contribution in [0.5, 0.6) is 0 Å². The summed E-state index contributed by atoms with van der Waals surface area (Å²) < 4.78 is 69.2. The van der Waals surface area contributed by atoms with Gasteiger partial charge in [0, 0.05) is 5.02 Å². The Morgan fingerprint density at radius 1 is 0.750 bits per heavy atom. The first kappa shape index (κ1) is 17.2. The van der Waals surface area contributed by atoms with Crippen molar-refractivity contribution >= 4 is 11.6 Å². The third-order valence-corrected chi connectivity index (χ3v) is 4.46. The smallest absolute Gasteiger partial charge is 0.200 e. The molecule has 1 aliphatic heterocycles. The van der Waals surface area contributed by atoms with E-state index in [2.05, 4.69) is 0 Å². The molecule has 128 valence electrons. The average Bonchev–Trinajstić information content (AvgIpc) is 3.10. The summed E-state index contributed by atoms with van der Waals surface area (Å²) in [5, 5.41) is 0.413. The molecule has 0 amide bonds. The first-order chi connectivity index (χ1) is 11.4. The topological polar surface area (TPSA) is 3.24 Å². The number of benzene rings is 2. The number of hydrogen-bond acceptors (Lipinski definition) is 1. The van der Waals surface area contributed by atoms with Crippen LogP contribution in [0.1, 0.15) is 30.0 Å². The van der Waals surface area contributed by atoms with Crippen LogP contribution in [0, 0.1) is 29.1 Å². The SMILES string of the molecule is Fc1c(F)c(F)c(C(c2ccc(Cl)cc2)N2CCCC2)c(F)c1F. The molecular formula is C17H13ClF5N. The molecule has 1 unspecified atom stereocenters. The van der Waals surface area contributed by atoms with Crippen molar-refractivity contribution in [1.82, 2.24) is 4.90 Å². The second-order valence-electron chi connectivity index (χ2n) is 5.68. The lowest BCUT2D eigenvalue weighted by Crippen LogP contribution is -2.29. The van der Waals surface area contributed by atoms with E-state index in [4.69, 9.17) is 11.6 Å². The van der Waals surface area contributed by atoms with Crippen LogP contribution >= 0.6 is 11.6 Å². The molecule has 0 bridgehead atoms. The molecular weight excluding hydrogens is 349 g/mol. The molecule has 0 spiro atoms. The predicted molar refractivity (Wildman–Crippen MR) is 80.3 cm³/mol. The fraction of sp³-hybridized carbons (Fsp3) is 0.294. The van der Waals surface area contributed by atoms with E-state index < -0.39 is 40.7 Å². The van der Waals surface area contributed by atoms with Crippen molar-refractivity contribution < 1.29 is 22.0 Å². The Balaban J connectivity index is 2.21. The fourth-order valence-corrected chi connectivity index (χ4v) is 3.19. The van der Waals surface area contributed by atoms with Gasteiger partial charge in [-0.3, -0.25) is 4.90 Å². The van der Waals surface area contributed by atoms with Gasteiger partial charge in [0.05, 0.1) is 11.6 Å². The maximum absolute atomic E-state index is 14.3. The van der Waals surface area contributed by atoms with Gasteiger partial charge in [0.15, 0.2) is 23.3 Å². The Kier molecular flexibility index (Phi) is 4.78. The van der Waals surface area contributed by atoms with E-state index in [0.29, 0.717) is 23.7 Å². The van der Waals surface area contributed by atoms with Gasteiger partial charge in [-0.05, 0) is 43.6 Å². The maximum atomic E-state index is 14.3.